The number of benzene rings is 1. The second-order valence-corrected chi connectivity index (χ2v) is 6.56. The van der Waals surface area contributed by atoms with E-state index in [4.69, 9.17) is 0 Å². The van der Waals surface area contributed by atoms with Crippen LogP contribution in [0.15, 0.2) is 18.2 Å². The summed E-state index contributed by atoms with van der Waals surface area (Å²) in [6.45, 7) is 2.52. The number of piperidine rings is 1. The predicted molar refractivity (Wildman–Crippen MR) is 84.6 cm³/mol. The number of rotatable bonds is 2. The van der Waals surface area contributed by atoms with Gasteiger partial charge in [0.2, 0.25) is 5.91 Å². The third-order valence-corrected chi connectivity index (χ3v) is 5.21. The number of amides is 1. The van der Waals surface area contributed by atoms with Gasteiger partial charge in [-0.25, -0.2) is 0 Å². The van der Waals surface area contributed by atoms with Crippen LogP contribution in [0.5, 0.6) is 0 Å². The topological polar surface area (TPSA) is 44.4 Å². The van der Waals surface area contributed by atoms with Crippen molar-refractivity contribution in [2.24, 2.45) is 0 Å². The SMILES string of the molecule is O=C1CCc2cc(NC3CCN4CCCCC34)ccc2N1. The highest BCUT2D eigenvalue weighted by Gasteiger charge is 2.35. The van der Waals surface area contributed by atoms with E-state index < -0.39 is 0 Å². The fraction of sp³-hybridized carbons (Fsp3) is 0.588. The van der Waals surface area contributed by atoms with E-state index in [2.05, 4.69) is 27.7 Å². The molecule has 0 bridgehead atoms. The lowest BCUT2D eigenvalue weighted by Crippen LogP contribution is -2.41. The van der Waals surface area contributed by atoms with Gasteiger partial charge in [-0.3, -0.25) is 9.69 Å². The summed E-state index contributed by atoms with van der Waals surface area (Å²) in [5, 5.41) is 6.70. The molecule has 3 aliphatic heterocycles. The molecular formula is C17H23N3O. The zero-order valence-electron chi connectivity index (χ0n) is 12.4. The van der Waals surface area contributed by atoms with Gasteiger partial charge >= 0.3 is 0 Å². The van der Waals surface area contributed by atoms with E-state index in [-0.39, 0.29) is 5.91 Å². The van der Waals surface area contributed by atoms with Crippen LogP contribution in [0.3, 0.4) is 0 Å². The highest BCUT2D eigenvalue weighted by Crippen LogP contribution is 2.31. The monoisotopic (exact) mass is 285 g/mol. The summed E-state index contributed by atoms with van der Waals surface area (Å²) in [7, 11) is 0. The molecule has 2 unspecified atom stereocenters. The number of carbonyl (C=O) groups is 1. The van der Waals surface area contributed by atoms with Crippen LogP contribution in [-0.2, 0) is 11.2 Å². The minimum absolute atomic E-state index is 0.136. The van der Waals surface area contributed by atoms with Gasteiger partial charge < -0.3 is 10.6 Å². The summed E-state index contributed by atoms with van der Waals surface area (Å²) in [4.78, 5) is 14.1. The molecule has 2 atom stereocenters. The van der Waals surface area contributed by atoms with Gasteiger partial charge in [0.25, 0.3) is 0 Å². The predicted octanol–water partition coefficient (Wildman–Crippen LogP) is 2.61. The van der Waals surface area contributed by atoms with Crippen molar-refractivity contribution >= 4 is 17.3 Å². The van der Waals surface area contributed by atoms with Crippen LogP contribution < -0.4 is 10.6 Å². The van der Waals surface area contributed by atoms with Gasteiger partial charge in [0.05, 0.1) is 0 Å². The lowest BCUT2D eigenvalue weighted by Gasteiger charge is -2.33. The molecule has 0 spiro atoms. The fourth-order valence-electron chi connectivity index (χ4n) is 4.10. The summed E-state index contributed by atoms with van der Waals surface area (Å²) in [6, 6.07) is 7.68. The lowest BCUT2D eigenvalue weighted by molar-refractivity contribution is -0.116. The van der Waals surface area contributed by atoms with E-state index in [1.165, 1.54) is 50.0 Å². The molecule has 4 nitrogen and oxygen atoms in total. The Hall–Kier alpha value is -1.55. The third kappa shape index (κ3) is 2.53. The molecule has 3 heterocycles. The van der Waals surface area contributed by atoms with E-state index in [1.54, 1.807) is 0 Å². The molecule has 1 aromatic carbocycles. The van der Waals surface area contributed by atoms with Crippen LogP contribution in [0.2, 0.25) is 0 Å². The molecule has 2 saturated heterocycles. The van der Waals surface area contributed by atoms with Crippen molar-refractivity contribution in [1.29, 1.82) is 0 Å². The van der Waals surface area contributed by atoms with Gasteiger partial charge in [0.1, 0.15) is 0 Å². The molecule has 4 rings (SSSR count). The Kier molecular flexibility index (Phi) is 3.34. The largest absolute Gasteiger partial charge is 0.381 e. The summed E-state index contributed by atoms with van der Waals surface area (Å²) in [5.74, 6) is 0.136. The number of nitrogens with one attached hydrogen (secondary N) is 2. The van der Waals surface area contributed by atoms with Crippen LogP contribution in [0.25, 0.3) is 0 Å². The first-order valence-electron chi connectivity index (χ1n) is 8.23. The zero-order chi connectivity index (χ0) is 14.2. The number of hydrogen-bond donors (Lipinski definition) is 2. The van der Waals surface area contributed by atoms with Gasteiger partial charge in [0, 0.05) is 36.4 Å². The van der Waals surface area contributed by atoms with E-state index in [0.717, 1.165) is 18.2 Å². The summed E-state index contributed by atoms with van der Waals surface area (Å²) in [6.07, 6.45) is 6.78. The minimum Gasteiger partial charge on any atom is -0.381 e. The lowest BCUT2D eigenvalue weighted by atomic mass is 9.98. The first-order valence-corrected chi connectivity index (χ1v) is 8.23. The summed E-state index contributed by atoms with van der Waals surface area (Å²) >= 11 is 0. The van der Waals surface area contributed by atoms with Crippen molar-refractivity contribution < 1.29 is 4.79 Å². The number of carbonyl (C=O) groups excluding carboxylic acids is 1. The number of aryl methyl sites for hydroxylation is 1. The second-order valence-electron chi connectivity index (χ2n) is 6.56. The molecule has 0 saturated carbocycles. The second kappa shape index (κ2) is 5.34. The maximum absolute atomic E-state index is 11.4. The molecule has 112 valence electrons. The van der Waals surface area contributed by atoms with Crippen molar-refractivity contribution in [3.63, 3.8) is 0 Å². The van der Waals surface area contributed by atoms with Crippen molar-refractivity contribution in [3.05, 3.63) is 23.8 Å². The Labute approximate surface area is 125 Å². The van der Waals surface area contributed by atoms with Crippen molar-refractivity contribution in [1.82, 2.24) is 4.90 Å². The average molecular weight is 285 g/mol. The maximum Gasteiger partial charge on any atom is 0.224 e. The smallest absolute Gasteiger partial charge is 0.224 e. The Morgan fingerprint density at radius 2 is 2.10 bits per heavy atom. The minimum atomic E-state index is 0.136. The fourth-order valence-corrected chi connectivity index (χ4v) is 4.10. The van der Waals surface area contributed by atoms with Crippen LogP contribution >= 0.6 is 0 Å². The van der Waals surface area contributed by atoms with Crippen LogP contribution in [0.1, 0.15) is 37.7 Å². The average Bonchev–Trinajstić information content (AvgIpc) is 2.91. The number of hydrogen-bond acceptors (Lipinski definition) is 3. The van der Waals surface area contributed by atoms with Crippen LogP contribution in [-0.4, -0.2) is 36.0 Å². The van der Waals surface area contributed by atoms with E-state index in [1.807, 2.05) is 6.07 Å². The molecule has 1 aromatic rings. The zero-order valence-corrected chi connectivity index (χ0v) is 12.4. The maximum atomic E-state index is 11.4. The van der Waals surface area contributed by atoms with Gasteiger partial charge in [-0.2, -0.15) is 0 Å². The molecule has 21 heavy (non-hydrogen) atoms. The molecule has 0 aromatic heterocycles. The van der Waals surface area contributed by atoms with Gasteiger partial charge in [-0.05, 0) is 56.0 Å². The summed E-state index contributed by atoms with van der Waals surface area (Å²) in [5.41, 5.74) is 3.46. The standard InChI is InChI=1S/C17H23N3O/c21-17-7-4-12-11-13(5-6-14(12)19-17)18-15-8-10-20-9-2-1-3-16(15)20/h5-6,11,15-16,18H,1-4,7-10H2,(H,19,21). The molecule has 2 N–H and O–H groups in total. The Morgan fingerprint density at radius 1 is 1.14 bits per heavy atom. The molecule has 4 heteroatoms. The third-order valence-electron chi connectivity index (χ3n) is 5.21. The van der Waals surface area contributed by atoms with E-state index in [9.17, 15) is 4.79 Å². The highest BCUT2D eigenvalue weighted by molar-refractivity contribution is 5.94. The summed E-state index contributed by atoms with van der Waals surface area (Å²) < 4.78 is 0. The first kappa shape index (κ1) is 13.1. The molecule has 3 aliphatic rings. The Bertz CT molecular complexity index is 557. The van der Waals surface area contributed by atoms with Crippen molar-refractivity contribution in [2.75, 3.05) is 23.7 Å². The number of nitrogens with zero attached hydrogens (tertiary/aromatic N) is 1. The Morgan fingerprint density at radius 3 is 3.05 bits per heavy atom. The number of anilines is 2. The number of fused-ring (bicyclic) bond motifs is 2. The van der Waals surface area contributed by atoms with Gasteiger partial charge in [-0.1, -0.05) is 6.42 Å². The van der Waals surface area contributed by atoms with E-state index in [0.29, 0.717) is 12.5 Å². The first-order chi connectivity index (χ1) is 10.3. The van der Waals surface area contributed by atoms with Crippen molar-refractivity contribution in [3.8, 4) is 0 Å². The molecule has 2 fully saturated rings. The quantitative estimate of drug-likeness (QED) is 0.878. The molecule has 1 amide bonds. The highest BCUT2D eigenvalue weighted by atomic mass is 16.1. The van der Waals surface area contributed by atoms with E-state index >= 15 is 0 Å². The molecule has 0 aliphatic carbocycles. The van der Waals surface area contributed by atoms with Crippen LogP contribution in [0.4, 0.5) is 11.4 Å². The van der Waals surface area contributed by atoms with Gasteiger partial charge in [-0.15, -0.1) is 0 Å². The molecular weight excluding hydrogens is 262 g/mol. The van der Waals surface area contributed by atoms with Gasteiger partial charge in [0.15, 0.2) is 0 Å². The molecule has 0 radical (unpaired) electrons. The van der Waals surface area contributed by atoms with Crippen molar-refractivity contribution in [2.45, 2.75) is 50.6 Å². The van der Waals surface area contributed by atoms with Crippen LogP contribution in [0, 0.1) is 0 Å². The normalized spacial score (nSPS) is 28.7. The Balaban J connectivity index is 1.49.